The molecule has 0 aromatic heterocycles. The molecular weight excluding hydrogens is 441 g/mol. The molecule has 0 spiro atoms. The number of anilines is 1. The lowest BCUT2D eigenvalue weighted by Crippen LogP contribution is -2.36. The second-order valence-corrected chi connectivity index (χ2v) is 9.40. The Morgan fingerprint density at radius 3 is 2.27 bits per heavy atom. The molecule has 0 atom stereocenters. The molecule has 7 heteroatoms. The molecule has 3 aromatic rings. The second kappa shape index (κ2) is 9.04. The van der Waals surface area contributed by atoms with E-state index in [1.54, 1.807) is 43.3 Å². The second-order valence-electron chi connectivity index (χ2n) is 6.74. The molecule has 0 aliphatic heterocycles. The standard InChI is InChI=1S/C23H19Cl2NO3S/c1-16-6-7-17(2)22(14-16)26(30(28,29)21-11-9-19(24)10-12-21)23(27)13-8-18-4-3-5-20(25)15-18/h3-15H,1-2H3/b13-8+. The van der Waals surface area contributed by atoms with Crippen LogP contribution >= 0.6 is 23.2 Å². The zero-order chi connectivity index (χ0) is 21.9. The molecule has 3 aromatic carbocycles. The largest absolute Gasteiger partial charge is 0.271 e. The number of rotatable bonds is 5. The first-order valence-electron chi connectivity index (χ1n) is 9.04. The van der Waals surface area contributed by atoms with Crippen molar-refractivity contribution in [3.05, 3.63) is 99.5 Å². The van der Waals surface area contributed by atoms with E-state index in [-0.39, 0.29) is 4.90 Å². The van der Waals surface area contributed by atoms with Crippen LogP contribution in [0.4, 0.5) is 5.69 Å². The summed E-state index contributed by atoms with van der Waals surface area (Å²) >= 11 is 11.9. The topological polar surface area (TPSA) is 54.5 Å². The maximum Gasteiger partial charge on any atom is 0.271 e. The Morgan fingerprint density at radius 2 is 1.60 bits per heavy atom. The van der Waals surface area contributed by atoms with E-state index < -0.39 is 15.9 Å². The molecule has 0 saturated heterocycles. The van der Waals surface area contributed by atoms with Crippen molar-refractivity contribution in [1.29, 1.82) is 0 Å². The smallest absolute Gasteiger partial charge is 0.268 e. The maximum atomic E-state index is 13.4. The van der Waals surface area contributed by atoms with E-state index in [4.69, 9.17) is 23.2 Å². The molecule has 0 aliphatic rings. The predicted octanol–water partition coefficient (Wildman–Crippen LogP) is 6.05. The molecule has 0 N–H and O–H groups in total. The van der Waals surface area contributed by atoms with Crippen molar-refractivity contribution in [2.75, 3.05) is 4.31 Å². The lowest BCUT2D eigenvalue weighted by Gasteiger charge is -2.23. The molecular formula is C23H19Cl2NO3S. The Bertz CT molecular complexity index is 1220. The molecule has 4 nitrogen and oxygen atoms in total. The van der Waals surface area contributed by atoms with Gasteiger partial charge in [0.2, 0.25) is 0 Å². The minimum absolute atomic E-state index is 0.0303. The summed E-state index contributed by atoms with van der Waals surface area (Å²) in [5.41, 5.74) is 2.47. The number of carbonyl (C=O) groups excluding carboxylic acids is 1. The summed E-state index contributed by atoms with van der Waals surface area (Å²) in [6.45, 7) is 3.59. The molecule has 30 heavy (non-hydrogen) atoms. The summed E-state index contributed by atoms with van der Waals surface area (Å²) in [7, 11) is -4.17. The zero-order valence-electron chi connectivity index (χ0n) is 16.3. The van der Waals surface area contributed by atoms with Crippen molar-refractivity contribution in [2.45, 2.75) is 18.7 Å². The van der Waals surface area contributed by atoms with E-state index in [1.807, 2.05) is 13.0 Å². The number of sulfonamides is 1. The van der Waals surface area contributed by atoms with Crippen LogP contribution in [0.1, 0.15) is 16.7 Å². The van der Waals surface area contributed by atoms with Gasteiger partial charge in [0, 0.05) is 16.1 Å². The van der Waals surface area contributed by atoms with Crippen molar-refractivity contribution in [1.82, 2.24) is 0 Å². The summed E-state index contributed by atoms with van der Waals surface area (Å²) in [6.07, 6.45) is 2.75. The molecule has 1 amide bonds. The van der Waals surface area contributed by atoms with Gasteiger partial charge >= 0.3 is 0 Å². The molecule has 3 rings (SSSR count). The first-order chi connectivity index (χ1) is 14.2. The van der Waals surface area contributed by atoms with E-state index in [1.165, 1.54) is 36.4 Å². The van der Waals surface area contributed by atoms with Crippen LogP contribution in [0.15, 0.2) is 77.7 Å². The molecule has 0 fully saturated rings. The first-order valence-corrected chi connectivity index (χ1v) is 11.2. The summed E-state index contributed by atoms with van der Waals surface area (Å²) < 4.78 is 27.7. The Kier molecular flexibility index (Phi) is 6.66. The fourth-order valence-corrected chi connectivity index (χ4v) is 4.63. The van der Waals surface area contributed by atoms with Gasteiger partial charge in [0.25, 0.3) is 15.9 Å². The van der Waals surface area contributed by atoms with Crippen molar-refractivity contribution in [3.8, 4) is 0 Å². The van der Waals surface area contributed by atoms with E-state index in [9.17, 15) is 13.2 Å². The third kappa shape index (κ3) is 4.93. The fourth-order valence-electron chi connectivity index (χ4n) is 2.86. The van der Waals surface area contributed by atoms with E-state index >= 15 is 0 Å². The molecule has 0 radical (unpaired) electrons. The number of halogens is 2. The minimum Gasteiger partial charge on any atom is -0.268 e. The average molecular weight is 460 g/mol. The summed E-state index contributed by atoms with van der Waals surface area (Å²) in [4.78, 5) is 13.1. The number of aryl methyl sites for hydroxylation is 2. The number of benzene rings is 3. The quantitative estimate of drug-likeness (QED) is 0.436. The van der Waals surface area contributed by atoms with Crippen LogP contribution in [0.25, 0.3) is 6.08 Å². The van der Waals surface area contributed by atoms with Crippen LogP contribution in [-0.4, -0.2) is 14.3 Å². The number of nitrogens with zero attached hydrogens (tertiary/aromatic N) is 1. The normalized spacial score (nSPS) is 11.6. The molecule has 0 bridgehead atoms. The monoisotopic (exact) mass is 459 g/mol. The summed E-state index contributed by atoms with van der Waals surface area (Å²) in [5.74, 6) is -0.696. The number of hydrogen-bond donors (Lipinski definition) is 0. The molecule has 0 unspecified atom stereocenters. The number of carbonyl (C=O) groups is 1. The lowest BCUT2D eigenvalue weighted by molar-refractivity contribution is -0.113. The predicted molar refractivity (Wildman–Crippen MR) is 123 cm³/mol. The Balaban J connectivity index is 2.11. The minimum atomic E-state index is -4.17. The average Bonchev–Trinajstić information content (AvgIpc) is 2.69. The fraction of sp³-hybridized carbons (Fsp3) is 0.0870. The summed E-state index contributed by atoms with van der Waals surface area (Å²) in [6, 6.07) is 17.9. The van der Waals surface area contributed by atoms with Crippen LogP contribution in [0.5, 0.6) is 0 Å². The zero-order valence-corrected chi connectivity index (χ0v) is 18.7. The number of hydrogen-bond acceptors (Lipinski definition) is 3. The highest BCUT2D eigenvalue weighted by atomic mass is 35.5. The van der Waals surface area contributed by atoms with Gasteiger partial charge in [0.1, 0.15) is 0 Å². The van der Waals surface area contributed by atoms with Gasteiger partial charge in [-0.05, 0) is 79.1 Å². The summed E-state index contributed by atoms with van der Waals surface area (Å²) in [5, 5.41) is 0.921. The van der Waals surface area contributed by atoms with Gasteiger partial charge in [-0.25, -0.2) is 8.42 Å². The Hall–Kier alpha value is -2.60. The van der Waals surface area contributed by atoms with Gasteiger partial charge < -0.3 is 0 Å². The highest BCUT2D eigenvalue weighted by Gasteiger charge is 2.31. The van der Waals surface area contributed by atoms with Crippen LogP contribution in [0.2, 0.25) is 10.0 Å². The highest BCUT2D eigenvalue weighted by molar-refractivity contribution is 7.93. The van der Waals surface area contributed by atoms with Gasteiger partial charge in [-0.1, -0.05) is 47.5 Å². The lowest BCUT2D eigenvalue weighted by atomic mass is 10.1. The number of amides is 1. The van der Waals surface area contributed by atoms with Crippen molar-refractivity contribution in [2.24, 2.45) is 0 Å². The van der Waals surface area contributed by atoms with Crippen molar-refractivity contribution < 1.29 is 13.2 Å². The maximum absolute atomic E-state index is 13.4. The van der Waals surface area contributed by atoms with E-state index in [0.717, 1.165) is 9.87 Å². The van der Waals surface area contributed by atoms with Gasteiger partial charge in [-0.3, -0.25) is 4.79 Å². The van der Waals surface area contributed by atoms with Crippen molar-refractivity contribution >= 4 is 50.9 Å². The Labute approximate surface area is 186 Å². The molecule has 154 valence electrons. The van der Waals surface area contributed by atoms with Gasteiger partial charge in [0.05, 0.1) is 10.6 Å². The highest BCUT2D eigenvalue weighted by Crippen LogP contribution is 2.29. The van der Waals surface area contributed by atoms with E-state index in [2.05, 4.69) is 0 Å². The third-order valence-electron chi connectivity index (χ3n) is 4.40. The van der Waals surface area contributed by atoms with Crippen LogP contribution in [-0.2, 0) is 14.8 Å². The Morgan fingerprint density at radius 1 is 0.900 bits per heavy atom. The van der Waals surface area contributed by atoms with Gasteiger partial charge in [-0.15, -0.1) is 0 Å². The molecule has 0 saturated carbocycles. The van der Waals surface area contributed by atoms with Gasteiger partial charge in [-0.2, -0.15) is 4.31 Å². The SMILES string of the molecule is Cc1ccc(C)c(N(C(=O)/C=C/c2cccc(Cl)c2)S(=O)(=O)c2ccc(Cl)cc2)c1. The molecule has 0 heterocycles. The van der Waals surface area contributed by atoms with Crippen LogP contribution in [0.3, 0.4) is 0 Å². The third-order valence-corrected chi connectivity index (χ3v) is 6.61. The molecule has 0 aliphatic carbocycles. The van der Waals surface area contributed by atoms with E-state index in [0.29, 0.717) is 26.9 Å². The van der Waals surface area contributed by atoms with Crippen LogP contribution in [0, 0.1) is 13.8 Å². The van der Waals surface area contributed by atoms with Gasteiger partial charge in [0.15, 0.2) is 0 Å². The van der Waals surface area contributed by atoms with Crippen LogP contribution < -0.4 is 4.31 Å². The first kappa shape index (κ1) is 22.1. The van der Waals surface area contributed by atoms with Crippen molar-refractivity contribution in [3.63, 3.8) is 0 Å².